The molecule has 0 aliphatic carbocycles. The summed E-state index contributed by atoms with van der Waals surface area (Å²) in [5, 5.41) is 0. The molecular formula is C15H14F5NO2. The topological polar surface area (TPSA) is 29.5 Å². The van der Waals surface area contributed by atoms with Gasteiger partial charge in [0.2, 0.25) is 5.91 Å². The van der Waals surface area contributed by atoms with E-state index in [9.17, 15) is 26.7 Å². The fraction of sp³-hybridized carbons (Fsp3) is 0.400. The molecule has 1 aliphatic rings. The number of hydrogen-bond acceptors (Lipinski definition) is 2. The molecular weight excluding hydrogens is 321 g/mol. The summed E-state index contributed by atoms with van der Waals surface area (Å²) < 4.78 is 70.0. The minimum absolute atomic E-state index is 0.0128. The SMILES string of the molecule is C=CC(=O)N1CCC(OC(F)(F)c2ccc(C(F)(F)F)cc2)C1. The molecule has 1 aliphatic heterocycles. The lowest BCUT2D eigenvalue weighted by Crippen LogP contribution is -2.31. The predicted octanol–water partition coefficient (Wildman–Crippen LogP) is 3.56. The molecule has 1 amide bonds. The van der Waals surface area contributed by atoms with Crippen LogP contribution in [0.25, 0.3) is 0 Å². The molecule has 1 atom stereocenters. The lowest BCUT2D eigenvalue weighted by Gasteiger charge is -2.22. The smallest absolute Gasteiger partial charge is 0.336 e. The van der Waals surface area contributed by atoms with Crippen LogP contribution in [0.5, 0.6) is 0 Å². The van der Waals surface area contributed by atoms with Crippen LogP contribution in [0.15, 0.2) is 36.9 Å². The standard InChI is InChI=1S/C15H14F5NO2/c1-2-13(22)21-8-7-12(9-21)23-15(19,20)11-5-3-10(4-6-11)14(16,17)18/h2-6,12H,1,7-9H2. The predicted molar refractivity (Wildman–Crippen MR) is 71.6 cm³/mol. The molecule has 0 radical (unpaired) electrons. The summed E-state index contributed by atoms with van der Waals surface area (Å²) in [5.41, 5.74) is -1.68. The van der Waals surface area contributed by atoms with Crippen molar-refractivity contribution in [2.45, 2.75) is 24.8 Å². The van der Waals surface area contributed by atoms with Crippen molar-refractivity contribution < 1.29 is 31.5 Å². The molecule has 126 valence electrons. The highest BCUT2D eigenvalue weighted by Crippen LogP contribution is 2.35. The first-order valence-corrected chi connectivity index (χ1v) is 6.78. The maximum atomic E-state index is 14.0. The van der Waals surface area contributed by atoms with Crippen molar-refractivity contribution in [1.29, 1.82) is 0 Å². The average Bonchev–Trinajstić information content (AvgIpc) is 2.93. The highest BCUT2D eigenvalue weighted by molar-refractivity contribution is 5.87. The summed E-state index contributed by atoms with van der Waals surface area (Å²) in [5.74, 6) is -0.381. The third-order valence-corrected chi connectivity index (χ3v) is 3.49. The Hall–Kier alpha value is -1.96. The van der Waals surface area contributed by atoms with E-state index in [1.807, 2.05) is 0 Å². The summed E-state index contributed by atoms with van der Waals surface area (Å²) in [6, 6.07) is 2.53. The van der Waals surface area contributed by atoms with Gasteiger partial charge in [0.1, 0.15) is 0 Å². The number of hydrogen-bond donors (Lipinski definition) is 0. The third kappa shape index (κ3) is 4.07. The summed E-state index contributed by atoms with van der Waals surface area (Å²) in [6.07, 6.45) is -7.92. The van der Waals surface area contributed by atoms with E-state index < -0.39 is 29.5 Å². The molecule has 1 unspecified atom stereocenters. The molecule has 23 heavy (non-hydrogen) atoms. The number of rotatable bonds is 4. The fourth-order valence-corrected chi connectivity index (χ4v) is 2.28. The first kappa shape index (κ1) is 17.4. The number of amides is 1. The van der Waals surface area contributed by atoms with Crippen LogP contribution in [0.2, 0.25) is 0 Å². The molecule has 8 heteroatoms. The molecule has 2 rings (SSSR count). The Morgan fingerprint density at radius 1 is 1.17 bits per heavy atom. The van der Waals surface area contributed by atoms with Gasteiger partial charge in [0.15, 0.2) is 0 Å². The van der Waals surface area contributed by atoms with Gasteiger partial charge in [0, 0.05) is 13.1 Å². The van der Waals surface area contributed by atoms with Crippen molar-refractivity contribution in [1.82, 2.24) is 4.90 Å². The van der Waals surface area contributed by atoms with E-state index in [1.54, 1.807) is 0 Å². The number of nitrogens with zero attached hydrogens (tertiary/aromatic N) is 1. The van der Waals surface area contributed by atoms with Crippen molar-refractivity contribution in [3.8, 4) is 0 Å². The van der Waals surface area contributed by atoms with E-state index in [4.69, 9.17) is 4.74 Å². The van der Waals surface area contributed by atoms with Crippen LogP contribution in [0.4, 0.5) is 22.0 Å². The molecule has 1 fully saturated rings. The van der Waals surface area contributed by atoms with Crippen LogP contribution >= 0.6 is 0 Å². The molecule has 1 saturated heterocycles. The normalized spacial score (nSPS) is 19.0. The van der Waals surface area contributed by atoms with Gasteiger partial charge in [-0.1, -0.05) is 6.58 Å². The first-order chi connectivity index (χ1) is 10.6. The van der Waals surface area contributed by atoms with Crippen LogP contribution < -0.4 is 0 Å². The highest BCUT2D eigenvalue weighted by Gasteiger charge is 2.39. The Kier molecular flexibility index (Phi) is 4.74. The Bertz CT molecular complexity index is 583. The van der Waals surface area contributed by atoms with Crippen molar-refractivity contribution in [3.63, 3.8) is 0 Å². The highest BCUT2D eigenvalue weighted by atomic mass is 19.4. The Morgan fingerprint density at radius 2 is 1.74 bits per heavy atom. The number of alkyl halides is 5. The molecule has 1 aromatic carbocycles. The minimum Gasteiger partial charge on any atom is -0.336 e. The molecule has 0 bridgehead atoms. The maximum Gasteiger partial charge on any atom is 0.416 e. The monoisotopic (exact) mass is 335 g/mol. The Balaban J connectivity index is 2.04. The van der Waals surface area contributed by atoms with Crippen LogP contribution in [-0.2, 0) is 21.8 Å². The Morgan fingerprint density at radius 3 is 2.26 bits per heavy atom. The zero-order chi connectivity index (χ0) is 17.3. The van der Waals surface area contributed by atoms with E-state index in [0.29, 0.717) is 24.3 Å². The molecule has 0 N–H and O–H groups in total. The summed E-state index contributed by atoms with van der Waals surface area (Å²) in [7, 11) is 0. The van der Waals surface area contributed by atoms with Crippen molar-refractivity contribution in [3.05, 3.63) is 48.0 Å². The van der Waals surface area contributed by atoms with E-state index in [1.165, 1.54) is 4.90 Å². The minimum atomic E-state index is -4.59. The number of carbonyl (C=O) groups is 1. The second-order valence-electron chi connectivity index (χ2n) is 5.11. The number of halogens is 5. The van der Waals surface area contributed by atoms with Crippen molar-refractivity contribution in [2.75, 3.05) is 13.1 Å². The largest absolute Gasteiger partial charge is 0.416 e. The summed E-state index contributed by atoms with van der Waals surface area (Å²) in [6.45, 7) is 3.56. The van der Waals surface area contributed by atoms with E-state index in [-0.39, 0.29) is 25.4 Å². The number of carbonyl (C=O) groups excluding carboxylic acids is 1. The second-order valence-corrected chi connectivity index (χ2v) is 5.11. The lowest BCUT2D eigenvalue weighted by atomic mass is 10.1. The van der Waals surface area contributed by atoms with Gasteiger partial charge in [-0.05, 0) is 36.8 Å². The Labute approximate surface area is 129 Å². The van der Waals surface area contributed by atoms with Gasteiger partial charge in [-0.15, -0.1) is 0 Å². The third-order valence-electron chi connectivity index (χ3n) is 3.49. The second kappa shape index (κ2) is 6.27. The van der Waals surface area contributed by atoms with Gasteiger partial charge in [-0.25, -0.2) is 0 Å². The molecule has 0 aromatic heterocycles. The van der Waals surface area contributed by atoms with Gasteiger partial charge >= 0.3 is 12.3 Å². The van der Waals surface area contributed by atoms with Gasteiger partial charge in [0.25, 0.3) is 0 Å². The fourth-order valence-electron chi connectivity index (χ4n) is 2.28. The van der Waals surface area contributed by atoms with E-state index >= 15 is 0 Å². The van der Waals surface area contributed by atoms with Crippen LogP contribution in [0.3, 0.4) is 0 Å². The zero-order valence-corrected chi connectivity index (χ0v) is 11.9. The quantitative estimate of drug-likeness (QED) is 0.622. The van der Waals surface area contributed by atoms with E-state index in [2.05, 4.69) is 6.58 Å². The van der Waals surface area contributed by atoms with Gasteiger partial charge in [0.05, 0.1) is 17.2 Å². The van der Waals surface area contributed by atoms with Gasteiger partial charge in [-0.3, -0.25) is 4.79 Å². The van der Waals surface area contributed by atoms with Crippen LogP contribution in [0.1, 0.15) is 17.5 Å². The van der Waals surface area contributed by atoms with Crippen molar-refractivity contribution >= 4 is 5.91 Å². The first-order valence-electron chi connectivity index (χ1n) is 6.78. The molecule has 1 aromatic rings. The van der Waals surface area contributed by atoms with Crippen LogP contribution in [0, 0.1) is 0 Å². The average molecular weight is 335 g/mol. The van der Waals surface area contributed by atoms with Crippen molar-refractivity contribution in [2.24, 2.45) is 0 Å². The summed E-state index contributed by atoms with van der Waals surface area (Å²) >= 11 is 0. The van der Waals surface area contributed by atoms with E-state index in [0.717, 1.165) is 6.08 Å². The molecule has 3 nitrogen and oxygen atoms in total. The number of ether oxygens (including phenoxy) is 1. The number of likely N-dealkylation sites (tertiary alicyclic amines) is 1. The zero-order valence-electron chi connectivity index (χ0n) is 11.9. The van der Waals surface area contributed by atoms with Gasteiger partial charge < -0.3 is 9.64 Å². The molecule has 0 spiro atoms. The van der Waals surface area contributed by atoms with Crippen LogP contribution in [-0.4, -0.2) is 30.0 Å². The molecule has 1 heterocycles. The van der Waals surface area contributed by atoms with Gasteiger partial charge in [-0.2, -0.15) is 22.0 Å². The lowest BCUT2D eigenvalue weighted by molar-refractivity contribution is -0.270. The number of benzene rings is 1. The summed E-state index contributed by atoms with van der Waals surface area (Å²) in [4.78, 5) is 12.7. The molecule has 0 saturated carbocycles. The maximum absolute atomic E-state index is 14.0.